The van der Waals surface area contributed by atoms with Gasteiger partial charge in [0.15, 0.2) is 0 Å². The smallest absolute Gasteiger partial charge is 0.254 e. The molecule has 0 atom stereocenters. The highest BCUT2D eigenvalue weighted by Gasteiger charge is 2.26. The van der Waals surface area contributed by atoms with E-state index in [2.05, 4.69) is 28.5 Å². The van der Waals surface area contributed by atoms with Crippen LogP contribution >= 0.6 is 0 Å². The molecular formula is C35H41F2N3O. The van der Waals surface area contributed by atoms with Gasteiger partial charge in [-0.25, -0.2) is 8.78 Å². The highest BCUT2D eigenvalue weighted by molar-refractivity contribution is 5.95. The molecule has 3 aromatic carbocycles. The largest absolute Gasteiger partial charge is 0.369 e. The van der Waals surface area contributed by atoms with Crippen LogP contribution in [0.15, 0.2) is 85.5 Å². The molecule has 5 rings (SSSR count). The van der Waals surface area contributed by atoms with Gasteiger partial charge in [-0.1, -0.05) is 55.7 Å². The van der Waals surface area contributed by atoms with Crippen LogP contribution in [-0.4, -0.2) is 61.0 Å². The van der Waals surface area contributed by atoms with Crippen LogP contribution in [0, 0.1) is 11.6 Å². The summed E-state index contributed by atoms with van der Waals surface area (Å²) in [5.74, 6) is -0.337. The maximum Gasteiger partial charge on any atom is 0.254 e. The van der Waals surface area contributed by atoms with Gasteiger partial charge in [0.2, 0.25) is 0 Å². The molecule has 0 spiro atoms. The molecule has 1 saturated heterocycles. The van der Waals surface area contributed by atoms with Gasteiger partial charge in [-0.05, 0) is 79.4 Å². The zero-order valence-corrected chi connectivity index (χ0v) is 23.9. The second-order valence-corrected chi connectivity index (χ2v) is 11.4. The summed E-state index contributed by atoms with van der Waals surface area (Å²) in [6, 6.07) is 21.7. The fraction of sp³-hybridized carbons (Fsp3) is 0.400. The number of piperazine rings is 1. The Morgan fingerprint density at radius 1 is 0.878 bits per heavy atom. The van der Waals surface area contributed by atoms with Crippen molar-refractivity contribution in [2.45, 2.75) is 50.5 Å². The van der Waals surface area contributed by atoms with Crippen molar-refractivity contribution in [1.82, 2.24) is 9.80 Å². The van der Waals surface area contributed by atoms with E-state index < -0.39 is 0 Å². The number of benzene rings is 3. The van der Waals surface area contributed by atoms with Crippen molar-refractivity contribution in [2.24, 2.45) is 0 Å². The molecule has 0 bridgehead atoms. The minimum Gasteiger partial charge on any atom is -0.369 e. The van der Waals surface area contributed by atoms with E-state index in [0.717, 1.165) is 74.4 Å². The summed E-state index contributed by atoms with van der Waals surface area (Å²) < 4.78 is 27.2. The molecule has 0 radical (unpaired) electrons. The predicted molar refractivity (Wildman–Crippen MR) is 162 cm³/mol. The van der Waals surface area contributed by atoms with Crippen LogP contribution in [0.4, 0.5) is 14.5 Å². The number of halogens is 2. The number of carbonyl (C=O) groups excluding carboxylic acids is 1. The van der Waals surface area contributed by atoms with Crippen molar-refractivity contribution >= 4 is 11.6 Å². The van der Waals surface area contributed by atoms with Gasteiger partial charge in [0.25, 0.3) is 5.91 Å². The third-order valence-electron chi connectivity index (χ3n) is 8.71. The lowest BCUT2D eigenvalue weighted by Crippen LogP contribution is -2.47. The van der Waals surface area contributed by atoms with Crippen LogP contribution in [0.3, 0.4) is 0 Å². The lowest BCUT2D eigenvalue weighted by Gasteiger charge is -2.37. The first-order chi connectivity index (χ1) is 20.0. The van der Waals surface area contributed by atoms with Gasteiger partial charge in [-0.2, -0.15) is 0 Å². The van der Waals surface area contributed by atoms with Crippen LogP contribution in [0.2, 0.25) is 0 Å². The quantitative estimate of drug-likeness (QED) is 0.245. The molecule has 4 nitrogen and oxygen atoms in total. The minimum atomic E-state index is -0.254. The van der Waals surface area contributed by atoms with Crippen LogP contribution < -0.4 is 4.90 Å². The van der Waals surface area contributed by atoms with E-state index in [1.807, 2.05) is 47.4 Å². The van der Waals surface area contributed by atoms with E-state index in [-0.39, 0.29) is 23.5 Å². The number of nitrogens with zero attached hydrogens (tertiary/aromatic N) is 3. The van der Waals surface area contributed by atoms with Crippen molar-refractivity contribution in [2.75, 3.05) is 44.2 Å². The standard InChI is InChI=1S/C35H41F2N3O/c1-2-20-40(32-8-4-3-5-9-32)35(41)29-7-6-10-33(26-29)39-24-22-38(23-25-39)21-19-34(27-11-15-30(36)16-12-27)28-13-17-31(37)18-14-28/h2,6-7,10-18,26,32,34H,1,3-5,8-9,19-25H2. The summed E-state index contributed by atoms with van der Waals surface area (Å²) in [6.45, 7) is 8.98. The number of carbonyl (C=O) groups is 1. The lowest BCUT2D eigenvalue weighted by molar-refractivity contribution is 0.0663. The fourth-order valence-electron chi connectivity index (χ4n) is 6.39. The van der Waals surface area contributed by atoms with Crippen LogP contribution in [0.25, 0.3) is 0 Å². The van der Waals surface area contributed by atoms with Gasteiger partial charge in [-0.15, -0.1) is 6.58 Å². The molecule has 41 heavy (non-hydrogen) atoms. The maximum atomic E-state index is 13.6. The van der Waals surface area contributed by atoms with Crippen molar-refractivity contribution in [3.8, 4) is 0 Å². The van der Waals surface area contributed by atoms with Gasteiger partial charge in [0, 0.05) is 55.9 Å². The summed E-state index contributed by atoms with van der Waals surface area (Å²) >= 11 is 0. The minimum absolute atomic E-state index is 0.0691. The fourth-order valence-corrected chi connectivity index (χ4v) is 6.39. The Hall–Kier alpha value is -3.51. The molecule has 2 aliphatic rings. The Bertz CT molecular complexity index is 1230. The zero-order valence-electron chi connectivity index (χ0n) is 23.9. The van der Waals surface area contributed by atoms with Crippen LogP contribution in [0.1, 0.15) is 65.9 Å². The molecule has 1 aliphatic heterocycles. The van der Waals surface area contributed by atoms with E-state index in [1.54, 1.807) is 0 Å². The van der Waals surface area contributed by atoms with Gasteiger partial charge < -0.3 is 9.80 Å². The molecule has 0 aromatic heterocycles. The first-order valence-electron chi connectivity index (χ1n) is 15.0. The highest BCUT2D eigenvalue weighted by atomic mass is 19.1. The number of hydrogen-bond donors (Lipinski definition) is 0. The Morgan fingerprint density at radius 2 is 1.49 bits per heavy atom. The normalized spacial score (nSPS) is 16.6. The molecule has 0 unspecified atom stereocenters. The monoisotopic (exact) mass is 557 g/mol. The van der Waals surface area contributed by atoms with Gasteiger partial charge in [-0.3, -0.25) is 9.69 Å². The Morgan fingerprint density at radius 3 is 2.07 bits per heavy atom. The lowest BCUT2D eigenvalue weighted by atomic mass is 9.88. The third kappa shape index (κ3) is 7.42. The Balaban J connectivity index is 1.20. The third-order valence-corrected chi connectivity index (χ3v) is 8.71. The SMILES string of the molecule is C=CCN(C(=O)c1cccc(N2CCN(CCC(c3ccc(F)cc3)c3ccc(F)cc3)CC2)c1)C1CCCCC1. The molecule has 1 amide bonds. The van der Waals surface area contributed by atoms with E-state index in [4.69, 9.17) is 0 Å². The molecule has 1 aliphatic carbocycles. The number of hydrogen-bond acceptors (Lipinski definition) is 3. The van der Waals surface area contributed by atoms with Crippen molar-refractivity contribution in [3.63, 3.8) is 0 Å². The highest BCUT2D eigenvalue weighted by Crippen LogP contribution is 2.30. The summed E-state index contributed by atoms with van der Waals surface area (Å²) in [7, 11) is 0. The molecule has 2 fully saturated rings. The maximum absolute atomic E-state index is 13.6. The Labute approximate surface area is 243 Å². The molecule has 0 N–H and O–H groups in total. The Kier molecular flexibility index (Phi) is 9.84. The topological polar surface area (TPSA) is 26.8 Å². The molecule has 216 valence electrons. The first-order valence-corrected chi connectivity index (χ1v) is 15.0. The molecule has 1 heterocycles. The molecular weight excluding hydrogens is 516 g/mol. The molecule has 6 heteroatoms. The summed E-state index contributed by atoms with van der Waals surface area (Å²) in [6.07, 6.45) is 8.48. The first kappa shape index (κ1) is 29.0. The summed E-state index contributed by atoms with van der Waals surface area (Å²) in [5, 5.41) is 0. The van der Waals surface area contributed by atoms with Crippen molar-refractivity contribution in [1.29, 1.82) is 0 Å². The van der Waals surface area contributed by atoms with E-state index >= 15 is 0 Å². The van der Waals surface area contributed by atoms with Gasteiger partial charge in [0.1, 0.15) is 11.6 Å². The van der Waals surface area contributed by atoms with Gasteiger partial charge >= 0.3 is 0 Å². The van der Waals surface area contributed by atoms with E-state index in [0.29, 0.717) is 12.6 Å². The van der Waals surface area contributed by atoms with Crippen LogP contribution in [-0.2, 0) is 0 Å². The van der Waals surface area contributed by atoms with E-state index in [1.165, 1.54) is 43.5 Å². The van der Waals surface area contributed by atoms with Gasteiger partial charge in [0.05, 0.1) is 0 Å². The number of rotatable bonds is 10. The summed E-state index contributed by atoms with van der Waals surface area (Å²) in [4.78, 5) is 20.4. The molecule has 1 saturated carbocycles. The average molecular weight is 558 g/mol. The van der Waals surface area contributed by atoms with Crippen molar-refractivity contribution in [3.05, 3.63) is 114 Å². The predicted octanol–water partition coefficient (Wildman–Crippen LogP) is 7.27. The second-order valence-electron chi connectivity index (χ2n) is 11.4. The van der Waals surface area contributed by atoms with Crippen LogP contribution in [0.5, 0.6) is 0 Å². The molecule has 3 aromatic rings. The number of anilines is 1. The number of amides is 1. The zero-order chi connectivity index (χ0) is 28.6. The average Bonchev–Trinajstić information content (AvgIpc) is 3.02. The second kappa shape index (κ2) is 13.9. The van der Waals surface area contributed by atoms with E-state index in [9.17, 15) is 13.6 Å². The summed E-state index contributed by atoms with van der Waals surface area (Å²) in [5.41, 5.74) is 3.92. The van der Waals surface area contributed by atoms with Crippen molar-refractivity contribution < 1.29 is 13.6 Å².